The lowest BCUT2D eigenvalue weighted by atomic mass is 10.1. The van der Waals surface area contributed by atoms with Crippen molar-refractivity contribution in [3.05, 3.63) is 35.4 Å². The summed E-state index contributed by atoms with van der Waals surface area (Å²) in [7, 11) is 0. The molecule has 4 heteroatoms. The second-order valence-electron chi connectivity index (χ2n) is 5.86. The molecule has 0 fully saturated rings. The van der Waals surface area contributed by atoms with E-state index in [4.69, 9.17) is 5.73 Å². The molecule has 0 unspecified atom stereocenters. The van der Waals surface area contributed by atoms with Gasteiger partial charge in [0.1, 0.15) is 23.2 Å². The van der Waals surface area contributed by atoms with E-state index in [0.717, 1.165) is 5.82 Å². The predicted octanol–water partition coefficient (Wildman–Crippen LogP) is 3.64. The number of hydrogen-bond donors (Lipinski definition) is 1. The largest absolute Gasteiger partial charge is 0.383 e. The monoisotopic (exact) mass is 261 g/mol. The number of anilines is 1. The van der Waals surface area contributed by atoms with Crippen LogP contribution >= 0.6 is 0 Å². The van der Waals surface area contributed by atoms with Gasteiger partial charge >= 0.3 is 0 Å². The summed E-state index contributed by atoms with van der Waals surface area (Å²) in [5.74, 6) is 1.18. The maximum atomic E-state index is 13.7. The number of nitrogens with two attached hydrogens (primary N) is 1. The van der Waals surface area contributed by atoms with Crippen molar-refractivity contribution >= 4 is 5.82 Å². The first-order valence-electron chi connectivity index (χ1n) is 6.33. The minimum atomic E-state index is -0.236. The molecular weight excluding hydrogens is 241 g/mol. The fourth-order valence-corrected chi connectivity index (χ4v) is 2.35. The summed E-state index contributed by atoms with van der Waals surface area (Å²) in [6.07, 6.45) is 0. The van der Waals surface area contributed by atoms with Gasteiger partial charge in [-0.3, -0.25) is 0 Å². The maximum Gasteiger partial charge on any atom is 0.132 e. The number of rotatable bonds is 1. The number of halogens is 1. The van der Waals surface area contributed by atoms with Gasteiger partial charge in [-0.1, -0.05) is 12.1 Å². The fraction of sp³-hybridized carbons (Fsp3) is 0.400. The number of hydrogen-bond acceptors (Lipinski definition) is 2. The molecule has 102 valence electrons. The molecule has 0 spiro atoms. The summed E-state index contributed by atoms with van der Waals surface area (Å²) >= 11 is 0. The molecule has 0 saturated heterocycles. The Hall–Kier alpha value is -1.84. The Morgan fingerprint density at radius 1 is 1.21 bits per heavy atom. The second kappa shape index (κ2) is 4.37. The van der Waals surface area contributed by atoms with Crippen LogP contribution in [0.3, 0.4) is 0 Å². The van der Waals surface area contributed by atoms with Crippen LogP contribution in [0.25, 0.3) is 11.3 Å². The number of aromatic nitrogens is 2. The van der Waals surface area contributed by atoms with E-state index in [-0.39, 0.29) is 11.4 Å². The van der Waals surface area contributed by atoms with Crippen molar-refractivity contribution in [3.8, 4) is 11.3 Å². The topological polar surface area (TPSA) is 43.8 Å². The van der Waals surface area contributed by atoms with Gasteiger partial charge in [0.25, 0.3) is 0 Å². The molecule has 0 amide bonds. The van der Waals surface area contributed by atoms with Crippen molar-refractivity contribution in [2.24, 2.45) is 0 Å². The molecule has 19 heavy (non-hydrogen) atoms. The summed E-state index contributed by atoms with van der Waals surface area (Å²) in [5, 5.41) is 0. The third kappa shape index (κ3) is 2.35. The van der Waals surface area contributed by atoms with Crippen LogP contribution < -0.4 is 5.73 Å². The fourth-order valence-electron chi connectivity index (χ4n) is 2.35. The molecule has 3 nitrogen and oxygen atoms in total. The molecule has 0 aliphatic heterocycles. The molecule has 0 aliphatic rings. The SMILES string of the molecule is Cc1ccc(-c2nc(C)n(C(C)(C)C)c2N)cc1F. The lowest BCUT2D eigenvalue weighted by molar-refractivity contribution is 0.393. The van der Waals surface area contributed by atoms with E-state index in [9.17, 15) is 4.39 Å². The Kier molecular flexibility index (Phi) is 3.12. The molecule has 1 aromatic carbocycles. The Bertz CT molecular complexity index is 621. The van der Waals surface area contributed by atoms with Crippen LogP contribution in [0.5, 0.6) is 0 Å². The van der Waals surface area contributed by atoms with Crippen LogP contribution in [-0.4, -0.2) is 9.55 Å². The van der Waals surface area contributed by atoms with Crippen LogP contribution in [0.1, 0.15) is 32.2 Å². The first-order chi connectivity index (χ1) is 8.71. The number of benzene rings is 1. The average Bonchev–Trinajstić information content (AvgIpc) is 2.57. The number of aryl methyl sites for hydroxylation is 2. The van der Waals surface area contributed by atoms with Crippen molar-refractivity contribution in [3.63, 3.8) is 0 Å². The zero-order valence-electron chi connectivity index (χ0n) is 12.1. The Morgan fingerprint density at radius 2 is 1.84 bits per heavy atom. The molecule has 2 aromatic rings. The molecule has 0 bridgehead atoms. The molecule has 0 aliphatic carbocycles. The van der Waals surface area contributed by atoms with Gasteiger partial charge in [-0.05, 0) is 46.2 Å². The lowest BCUT2D eigenvalue weighted by Gasteiger charge is -2.24. The molecule has 0 atom stereocenters. The van der Waals surface area contributed by atoms with E-state index < -0.39 is 0 Å². The smallest absolute Gasteiger partial charge is 0.132 e. The molecule has 0 radical (unpaired) electrons. The number of imidazole rings is 1. The highest BCUT2D eigenvalue weighted by Gasteiger charge is 2.22. The minimum absolute atomic E-state index is 0.150. The zero-order chi connectivity index (χ0) is 14.4. The van der Waals surface area contributed by atoms with Gasteiger partial charge in [0.2, 0.25) is 0 Å². The molecule has 0 saturated carbocycles. The van der Waals surface area contributed by atoms with Gasteiger partial charge < -0.3 is 10.3 Å². The van der Waals surface area contributed by atoms with E-state index in [1.54, 1.807) is 13.0 Å². The van der Waals surface area contributed by atoms with Crippen molar-refractivity contribution in [1.82, 2.24) is 9.55 Å². The summed E-state index contributed by atoms with van der Waals surface area (Å²) < 4.78 is 15.6. The highest BCUT2D eigenvalue weighted by atomic mass is 19.1. The highest BCUT2D eigenvalue weighted by molar-refractivity contribution is 5.71. The van der Waals surface area contributed by atoms with Gasteiger partial charge in [0.05, 0.1) is 0 Å². The molecule has 2 N–H and O–H groups in total. The summed E-state index contributed by atoms with van der Waals surface area (Å²) in [6.45, 7) is 9.85. The average molecular weight is 261 g/mol. The Morgan fingerprint density at radius 3 is 2.32 bits per heavy atom. The van der Waals surface area contributed by atoms with E-state index in [0.29, 0.717) is 22.6 Å². The van der Waals surface area contributed by atoms with Crippen molar-refractivity contribution in [2.75, 3.05) is 5.73 Å². The lowest BCUT2D eigenvalue weighted by Crippen LogP contribution is -2.24. The van der Waals surface area contributed by atoms with Gasteiger partial charge in [-0.2, -0.15) is 0 Å². The van der Waals surface area contributed by atoms with E-state index in [2.05, 4.69) is 25.8 Å². The summed E-state index contributed by atoms with van der Waals surface area (Å²) in [4.78, 5) is 4.49. The normalized spacial score (nSPS) is 11.9. The van der Waals surface area contributed by atoms with E-state index >= 15 is 0 Å². The second-order valence-corrected chi connectivity index (χ2v) is 5.86. The first kappa shape index (κ1) is 13.6. The van der Waals surface area contributed by atoms with Crippen LogP contribution in [0.4, 0.5) is 10.2 Å². The van der Waals surface area contributed by atoms with Gasteiger partial charge in [-0.15, -0.1) is 0 Å². The summed E-state index contributed by atoms with van der Waals surface area (Å²) in [6, 6.07) is 5.08. The minimum Gasteiger partial charge on any atom is -0.383 e. The standard InChI is InChI=1S/C15H20FN3/c1-9-6-7-11(8-12(9)16)13-14(17)19(10(2)18-13)15(3,4)5/h6-8H,17H2,1-5H3. The van der Waals surface area contributed by atoms with Crippen molar-refractivity contribution < 1.29 is 4.39 Å². The third-order valence-electron chi connectivity index (χ3n) is 3.20. The quantitative estimate of drug-likeness (QED) is 0.851. The molecule has 2 rings (SSSR count). The van der Waals surface area contributed by atoms with Crippen molar-refractivity contribution in [1.29, 1.82) is 0 Å². The molecular formula is C15H20FN3. The maximum absolute atomic E-state index is 13.7. The van der Waals surface area contributed by atoms with Gasteiger partial charge in [0.15, 0.2) is 0 Å². The number of nitrogens with zero attached hydrogens (tertiary/aromatic N) is 2. The van der Waals surface area contributed by atoms with E-state index in [1.165, 1.54) is 6.07 Å². The van der Waals surface area contributed by atoms with Crippen LogP contribution in [0.15, 0.2) is 18.2 Å². The van der Waals surface area contributed by atoms with Crippen LogP contribution in [0, 0.1) is 19.7 Å². The predicted molar refractivity (Wildman–Crippen MR) is 76.5 cm³/mol. The summed E-state index contributed by atoms with van der Waals surface area (Å²) in [5.41, 5.74) is 8.02. The molecule has 1 aromatic heterocycles. The van der Waals surface area contributed by atoms with Crippen LogP contribution in [0.2, 0.25) is 0 Å². The van der Waals surface area contributed by atoms with Crippen LogP contribution in [-0.2, 0) is 5.54 Å². The zero-order valence-corrected chi connectivity index (χ0v) is 12.1. The van der Waals surface area contributed by atoms with Gasteiger partial charge in [0, 0.05) is 11.1 Å². The first-order valence-corrected chi connectivity index (χ1v) is 6.33. The molecule has 1 heterocycles. The Balaban J connectivity index is 2.61. The third-order valence-corrected chi connectivity index (χ3v) is 3.20. The van der Waals surface area contributed by atoms with E-state index in [1.807, 2.05) is 17.6 Å². The Labute approximate surface area is 113 Å². The number of nitrogen functional groups attached to an aromatic ring is 1. The van der Waals surface area contributed by atoms with Gasteiger partial charge in [-0.25, -0.2) is 9.37 Å². The van der Waals surface area contributed by atoms with Crippen molar-refractivity contribution in [2.45, 2.75) is 40.2 Å². The highest BCUT2D eigenvalue weighted by Crippen LogP contribution is 2.31.